The zero-order valence-electron chi connectivity index (χ0n) is 9.61. The number of halogens is 3. The lowest BCUT2D eigenvalue weighted by Crippen LogP contribution is -2.25. The predicted octanol–water partition coefficient (Wildman–Crippen LogP) is 3.05. The minimum absolute atomic E-state index is 0.122. The first kappa shape index (κ1) is 14.4. The van der Waals surface area contributed by atoms with Crippen molar-refractivity contribution >= 4 is 44.8 Å². The number of hydrogen-bond donors (Lipinski definition) is 0. The lowest BCUT2D eigenvalue weighted by Gasteiger charge is -2.12. The Morgan fingerprint density at radius 1 is 1.33 bits per heavy atom. The summed E-state index contributed by atoms with van der Waals surface area (Å²) < 4.78 is 23.5. The predicted molar refractivity (Wildman–Crippen MR) is 74.7 cm³/mol. The molecule has 1 aromatic rings. The summed E-state index contributed by atoms with van der Waals surface area (Å²) >= 11 is 16.6. The van der Waals surface area contributed by atoms with Crippen LogP contribution in [0.4, 0.5) is 0 Å². The van der Waals surface area contributed by atoms with Crippen LogP contribution in [-0.4, -0.2) is 28.8 Å². The van der Waals surface area contributed by atoms with Gasteiger partial charge in [-0.15, -0.1) is 0 Å². The second-order valence-electron chi connectivity index (χ2n) is 4.31. The molecule has 1 aliphatic rings. The van der Waals surface area contributed by atoms with Gasteiger partial charge in [-0.1, -0.05) is 59.1 Å². The van der Waals surface area contributed by atoms with E-state index in [2.05, 4.69) is 0 Å². The summed E-state index contributed by atoms with van der Waals surface area (Å²) in [4.78, 5) is 0. The van der Waals surface area contributed by atoms with Crippen molar-refractivity contribution in [2.45, 2.75) is 16.8 Å². The topological polar surface area (TPSA) is 37.1 Å². The van der Waals surface area contributed by atoms with Crippen LogP contribution in [0.1, 0.15) is 17.2 Å². The van der Waals surface area contributed by atoms with E-state index >= 15 is 0 Å². The molecule has 0 spiro atoms. The van der Waals surface area contributed by atoms with Gasteiger partial charge in [0.25, 0.3) is 0 Å². The zero-order chi connectivity index (χ0) is 13.6. The Morgan fingerprint density at radius 3 is 2.50 bits per heavy atom. The SMILES string of the molecule is Cc1ccccc1C1CN1S(=O)(=O)CC(Cl)(Cl)Cl. The Kier molecular flexibility index (Phi) is 3.87. The van der Waals surface area contributed by atoms with Crippen molar-refractivity contribution in [2.75, 3.05) is 12.3 Å². The summed E-state index contributed by atoms with van der Waals surface area (Å²) in [5.74, 6) is -0.493. The Hall–Kier alpha value is -0.000000000000000111. The van der Waals surface area contributed by atoms with Gasteiger partial charge in [-0.05, 0) is 18.1 Å². The molecule has 3 nitrogen and oxygen atoms in total. The molecule has 2 unspecified atom stereocenters. The van der Waals surface area contributed by atoms with Crippen LogP contribution < -0.4 is 0 Å². The van der Waals surface area contributed by atoms with Crippen LogP contribution in [0, 0.1) is 6.92 Å². The lowest BCUT2D eigenvalue weighted by atomic mass is 10.1. The molecule has 0 radical (unpaired) electrons. The number of hydrogen-bond acceptors (Lipinski definition) is 2. The summed E-state index contributed by atoms with van der Waals surface area (Å²) in [7, 11) is -3.52. The number of aryl methyl sites for hydroxylation is 1. The van der Waals surface area contributed by atoms with E-state index in [-0.39, 0.29) is 6.04 Å². The fourth-order valence-electron chi connectivity index (χ4n) is 1.93. The monoisotopic (exact) mass is 327 g/mol. The van der Waals surface area contributed by atoms with Crippen LogP contribution in [-0.2, 0) is 10.0 Å². The van der Waals surface area contributed by atoms with Gasteiger partial charge in [0.2, 0.25) is 13.8 Å². The summed E-state index contributed by atoms with van der Waals surface area (Å²) in [5, 5.41) is 0. The Labute approximate surface area is 122 Å². The van der Waals surface area contributed by atoms with E-state index < -0.39 is 19.6 Å². The minimum atomic E-state index is -3.52. The molecule has 2 rings (SSSR count). The number of rotatable bonds is 3. The highest BCUT2D eigenvalue weighted by Gasteiger charge is 2.47. The van der Waals surface area contributed by atoms with Crippen LogP contribution >= 0.6 is 34.8 Å². The first-order chi connectivity index (χ1) is 8.21. The molecule has 1 saturated heterocycles. The van der Waals surface area contributed by atoms with Crippen molar-refractivity contribution in [3.8, 4) is 0 Å². The highest BCUT2D eigenvalue weighted by Crippen LogP contribution is 2.41. The fourth-order valence-corrected chi connectivity index (χ4v) is 4.62. The third-order valence-electron chi connectivity index (χ3n) is 2.82. The summed E-state index contributed by atoms with van der Waals surface area (Å²) in [5.41, 5.74) is 2.07. The van der Waals surface area contributed by atoms with Crippen LogP contribution in [0.5, 0.6) is 0 Å². The molecule has 0 N–H and O–H groups in total. The molecular formula is C11H12Cl3NO2S. The van der Waals surface area contributed by atoms with Gasteiger partial charge in [-0.2, -0.15) is 4.31 Å². The van der Waals surface area contributed by atoms with Crippen molar-refractivity contribution in [3.05, 3.63) is 35.4 Å². The van der Waals surface area contributed by atoms with E-state index in [1.165, 1.54) is 4.31 Å². The molecule has 0 saturated carbocycles. The van der Waals surface area contributed by atoms with E-state index in [1.807, 2.05) is 31.2 Å². The molecule has 1 fully saturated rings. The molecule has 100 valence electrons. The second kappa shape index (κ2) is 4.84. The van der Waals surface area contributed by atoms with Crippen molar-refractivity contribution in [2.24, 2.45) is 0 Å². The average molecular weight is 329 g/mol. The van der Waals surface area contributed by atoms with Crippen molar-refractivity contribution in [3.63, 3.8) is 0 Å². The molecule has 1 aliphatic heterocycles. The van der Waals surface area contributed by atoms with Gasteiger partial charge in [0.1, 0.15) is 5.75 Å². The third-order valence-corrected chi connectivity index (χ3v) is 5.61. The zero-order valence-corrected chi connectivity index (χ0v) is 12.7. The Bertz CT molecular complexity index is 554. The van der Waals surface area contributed by atoms with Crippen molar-refractivity contribution in [1.82, 2.24) is 4.31 Å². The molecular weight excluding hydrogens is 317 g/mol. The van der Waals surface area contributed by atoms with Gasteiger partial charge in [0.05, 0.1) is 6.04 Å². The van der Waals surface area contributed by atoms with Crippen molar-refractivity contribution < 1.29 is 8.42 Å². The maximum absolute atomic E-state index is 12.0. The van der Waals surface area contributed by atoms with E-state index in [1.54, 1.807) is 0 Å². The van der Waals surface area contributed by atoms with Crippen LogP contribution in [0.25, 0.3) is 0 Å². The molecule has 7 heteroatoms. The summed E-state index contributed by atoms with van der Waals surface area (Å²) in [6, 6.07) is 7.56. The quantitative estimate of drug-likeness (QED) is 0.632. The van der Waals surface area contributed by atoms with Gasteiger partial charge in [0.15, 0.2) is 0 Å². The molecule has 0 bridgehead atoms. The molecule has 1 heterocycles. The Morgan fingerprint density at radius 2 is 1.94 bits per heavy atom. The molecule has 18 heavy (non-hydrogen) atoms. The maximum Gasteiger partial charge on any atom is 0.219 e. The molecule has 0 amide bonds. The molecule has 0 aliphatic carbocycles. The summed E-state index contributed by atoms with van der Waals surface area (Å²) in [6.07, 6.45) is 0. The number of nitrogens with zero attached hydrogens (tertiary/aromatic N) is 1. The van der Waals surface area contributed by atoms with E-state index in [9.17, 15) is 8.42 Å². The van der Waals surface area contributed by atoms with Gasteiger partial charge < -0.3 is 0 Å². The number of sulfonamides is 1. The highest BCUT2D eigenvalue weighted by atomic mass is 35.6. The van der Waals surface area contributed by atoms with Crippen LogP contribution in [0.15, 0.2) is 24.3 Å². The average Bonchev–Trinajstić information content (AvgIpc) is 2.94. The lowest BCUT2D eigenvalue weighted by molar-refractivity contribution is 0.554. The molecule has 1 aromatic carbocycles. The van der Waals surface area contributed by atoms with E-state index in [0.29, 0.717) is 6.54 Å². The first-order valence-corrected chi connectivity index (χ1v) is 8.07. The highest BCUT2D eigenvalue weighted by molar-refractivity contribution is 7.89. The molecule has 2 atom stereocenters. The van der Waals surface area contributed by atoms with E-state index in [4.69, 9.17) is 34.8 Å². The minimum Gasteiger partial charge on any atom is -0.212 e. The maximum atomic E-state index is 12.0. The Balaban J connectivity index is 2.15. The van der Waals surface area contributed by atoms with Gasteiger partial charge in [-0.25, -0.2) is 8.42 Å². The van der Waals surface area contributed by atoms with Crippen LogP contribution in [0.3, 0.4) is 0 Å². The molecule has 0 aromatic heterocycles. The normalized spacial score (nSPS) is 24.0. The second-order valence-corrected chi connectivity index (χ2v) is 8.75. The smallest absolute Gasteiger partial charge is 0.212 e. The third kappa shape index (κ3) is 3.31. The van der Waals surface area contributed by atoms with Crippen LogP contribution in [0.2, 0.25) is 0 Å². The number of alkyl halides is 3. The fraction of sp³-hybridized carbons (Fsp3) is 0.455. The largest absolute Gasteiger partial charge is 0.219 e. The summed E-state index contributed by atoms with van der Waals surface area (Å²) in [6.45, 7) is 2.40. The van der Waals surface area contributed by atoms with Crippen molar-refractivity contribution in [1.29, 1.82) is 0 Å². The number of benzene rings is 1. The van der Waals surface area contributed by atoms with Gasteiger partial charge in [0, 0.05) is 6.54 Å². The van der Waals surface area contributed by atoms with E-state index in [0.717, 1.165) is 11.1 Å². The van der Waals surface area contributed by atoms with Gasteiger partial charge >= 0.3 is 0 Å². The van der Waals surface area contributed by atoms with Gasteiger partial charge in [-0.3, -0.25) is 0 Å². The standard InChI is InChI=1S/C11H12Cl3NO2S/c1-8-4-2-3-5-9(8)10-6-15(10)18(16,17)7-11(12,13)14/h2-5,10H,6-7H2,1H3. The first-order valence-electron chi connectivity index (χ1n) is 5.32.